The number of H-pyrrole nitrogens is 1. The van der Waals surface area contributed by atoms with Crippen LogP contribution in [0.4, 0.5) is 0 Å². The minimum Gasteiger partial charge on any atom is -0.322 e. The summed E-state index contributed by atoms with van der Waals surface area (Å²) in [6.07, 6.45) is 0. The largest absolute Gasteiger partial charge is 0.322 e. The predicted molar refractivity (Wildman–Crippen MR) is 65.3 cm³/mol. The van der Waals surface area contributed by atoms with Gasteiger partial charge in [-0.25, -0.2) is 0 Å². The first-order chi connectivity index (χ1) is 8.24. The van der Waals surface area contributed by atoms with E-state index >= 15 is 0 Å². The summed E-state index contributed by atoms with van der Waals surface area (Å²) in [6, 6.07) is 8.62. The predicted octanol–water partition coefficient (Wildman–Crippen LogP) is 0.930. The standard InChI is InChI=1S/C13H12N2O2/c16-12-4-2-8-5-9(1-3-11(8)15-12)13(17)10-6-14-7-10/h1-5,10,14H,6-7H2,(H,15,16). The van der Waals surface area contributed by atoms with Gasteiger partial charge in [0.05, 0.1) is 0 Å². The molecule has 2 N–H and O–H groups in total. The number of ketones is 1. The van der Waals surface area contributed by atoms with E-state index in [1.54, 1.807) is 18.2 Å². The number of hydrogen-bond donors (Lipinski definition) is 2. The lowest BCUT2D eigenvalue weighted by Gasteiger charge is -2.25. The molecule has 0 aliphatic carbocycles. The molecule has 0 radical (unpaired) electrons. The van der Waals surface area contributed by atoms with E-state index in [4.69, 9.17) is 0 Å². The van der Waals surface area contributed by atoms with Crippen molar-refractivity contribution in [3.8, 4) is 0 Å². The lowest BCUT2D eigenvalue weighted by molar-refractivity contribution is 0.0878. The third-order valence-electron chi connectivity index (χ3n) is 3.16. The molecule has 1 aromatic carbocycles. The molecule has 0 saturated carbocycles. The number of hydrogen-bond acceptors (Lipinski definition) is 3. The van der Waals surface area contributed by atoms with Crippen molar-refractivity contribution in [1.82, 2.24) is 10.3 Å². The van der Waals surface area contributed by atoms with Gasteiger partial charge in [0.1, 0.15) is 0 Å². The molecule has 1 aromatic heterocycles. The summed E-state index contributed by atoms with van der Waals surface area (Å²) in [5.74, 6) is 0.284. The first-order valence-electron chi connectivity index (χ1n) is 5.62. The lowest BCUT2D eigenvalue weighted by Crippen LogP contribution is -2.46. The number of fused-ring (bicyclic) bond motifs is 1. The van der Waals surface area contributed by atoms with Crippen LogP contribution in [-0.2, 0) is 0 Å². The van der Waals surface area contributed by atoms with Gasteiger partial charge in [0.25, 0.3) is 0 Å². The zero-order valence-electron chi connectivity index (χ0n) is 9.19. The number of carbonyl (C=O) groups excluding carboxylic acids is 1. The molecule has 0 atom stereocenters. The molecular weight excluding hydrogens is 216 g/mol. The number of benzene rings is 1. The quantitative estimate of drug-likeness (QED) is 0.752. The van der Waals surface area contributed by atoms with Crippen molar-refractivity contribution >= 4 is 16.7 Å². The monoisotopic (exact) mass is 228 g/mol. The Bertz CT molecular complexity index is 641. The molecule has 1 saturated heterocycles. The Hall–Kier alpha value is -1.94. The smallest absolute Gasteiger partial charge is 0.248 e. The highest BCUT2D eigenvalue weighted by atomic mass is 16.1. The minimum absolute atomic E-state index is 0.107. The van der Waals surface area contributed by atoms with Gasteiger partial charge in [-0.05, 0) is 29.7 Å². The van der Waals surface area contributed by atoms with Crippen LogP contribution < -0.4 is 10.9 Å². The number of aromatic amines is 1. The van der Waals surface area contributed by atoms with E-state index in [-0.39, 0.29) is 17.3 Å². The molecule has 1 aliphatic rings. The zero-order valence-corrected chi connectivity index (χ0v) is 9.19. The normalized spacial score (nSPS) is 15.8. The van der Waals surface area contributed by atoms with Crippen LogP contribution in [0.1, 0.15) is 10.4 Å². The molecule has 1 aliphatic heterocycles. The number of rotatable bonds is 2. The zero-order chi connectivity index (χ0) is 11.8. The van der Waals surface area contributed by atoms with Crippen LogP contribution in [0.2, 0.25) is 0 Å². The fraction of sp³-hybridized carbons (Fsp3) is 0.231. The first-order valence-corrected chi connectivity index (χ1v) is 5.62. The molecule has 3 rings (SSSR count). The summed E-state index contributed by atoms with van der Waals surface area (Å²) in [7, 11) is 0. The number of carbonyl (C=O) groups is 1. The van der Waals surface area contributed by atoms with Crippen LogP contribution >= 0.6 is 0 Å². The van der Waals surface area contributed by atoms with Gasteiger partial charge in [-0.2, -0.15) is 0 Å². The Morgan fingerprint density at radius 3 is 2.71 bits per heavy atom. The number of nitrogens with one attached hydrogen (secondary N) is 2. The van der Waals surface area contributed by atoms with Gasteiger partial charge < -0.3 is 10.3 Å². The lowest BCUT2D eigenvalue weighted by atomic mass is 9.92. The number of Topliss-reactive ketones (excluding diaryl/α,β-unsaturated/α-hetero) is 1. The van der Waals surface area contributed by atoms with Gasteiger partial charge in [-0.15, -0.1) is 0 Å². The highest BCUT2D eigenvalue weighted by molar-refractivity contribution is 6.01. The molecule has 0 unspecified atom stereocenters. The highest BCUT2D eigenvalue weighted by Crippen LogP contribution is 2.17. The van der Waals surface area contributed by atoms with Gasteiger partial charge in [-0.1, -0.05) is 0 Å². The third-order valence-corrected chi connectivity index (χ3v) is 3.16. The Kier molecular flexibility index (Phi) is 2.30. The Balaban J connectivity index is 2.04. The fourth-order valence-electron chi connectivity index (χ4n) is 2.02. The summed E-state index contributed by atoms with van der Waals surface area (Å²) in [4.78, 5) is 25.9. The average Bonchev–Trinajstić information content (AvgIpc) is 2.26. The molecule has 0 amide bonds. The molecule has 86 valence electrons. The molecule has 4 heteroatoms. The molecule has 2 aromatic rings. The summed E-state index contributed by atoms with van der Waals surface area (Å²) < 4.78 is 0. The van der Waals surface area contributed by atoms with Crippen LogP contribution in [0.25, 0.3) is 10.9 Å². The van der Waals surface area contributed by atoms with E-state index in [1.807, 2.05) is 6.07 Å². The van der Waals surface area contributed by atoms with Gasteiger partial charge in [0.15, 0.2) is 5.78 Å². The maximum atomic E-state index is 12.0. The SMILES string of the molecule is O=C(c1ccc2[nH]c(=O)ccc2c1)C1CNC1. The van der Waals surface area contributed by atoms with Crippen molar-refractivity contribution in [3.63, 3.8) is 0 Å². The topological polar surface area (TPSA) is 62.0 Å². The van der Waals surface area contributed by atoms with E-state index in [0.717, 1.165) is 29.6 Å². The second-order valence-corrected chi connectivity index (χ2v) is 4.34. The van der Waals surface area contributed by atoms with Crippen molar-refractivity contribution in [1.29, 1.82) is 0 Å². The molecule has 0 spiro atoms. The maximum absolute atomic E-state index is 12.0. The van der Waals surface area contributed by atoms with Gasteiger partial charge in [0.2, 0.25) is 5.56 Å². The van der Waals surface area contributed by atoms with E-state index in [2.05, 4.69) is 10.3 Å². The maximum Gasteiger partial charge on any atom is 0.248 e. The van der Waals surface area contributed by atoms with Crippen molar-refractivity contribution in [2.24, 2.45) is 5.92 Å². The molecular formula is C13H12N2O2. The van der Waals surface area contributed by atoms with Crippen molar-refractivity contribution in [2.75, 3.05) is 13.1 Å². The van der Waals surface area contributed by atoms with E-state index in [0.29, 0.717) is 0 Å². The Morgan fingerprint density at radius 1 is 1.18 bits per heavy atom. The van der Waals surface area contributed by atoms with Crippen molar-refractivity contribution in [2.45, 2.75) is 0 Å². The molecule has 4 nitrogen and oxygen atoms in total. The highest BCUT2D eigenvalue weighted by Gasteiger charge is 2.25. The molecule has 17 heavy (non-hydrogen) atoms. The first kappa shape index (κ1) is 10.2. The van der Waals surface area contributed by atoms with Crippen LogP contribution in [0.15, 0.2) is 35.1 Å². The second-order valence-electron chi connectivity index (χ2n) is 4.34. The van der Waals surface area contributed by atoms with Crippen molar-refractivity contribution < 1.29 is 4.79 Å². The Morgan fingerprint density at radius 2 is 2.00 bits per heavy atom. The Labute approximate surface area is 97.7 Å². The number of pyridine rings is 1. The van der Waals surface area contributed by atoms with E-state index < -0.39 is 0 Å². The second kappa shape index (κ2) is 3.82. The van der Waals surface area contributed by atoms with Gasteiger partial charge >= 0.3 is 0 Å². The summed E-state index contributed by atoms with van der Waals surface area (Å²) in [6.45, 7) is 1.53. The average molecular weight is 228 g/mol. The van der Waals surface area contributed by atoms with Gasteiger partial charge in [0, 0.05) is 36.2 Å². The van der Waals surface area contributed by atoms with Crippen LogP contribution in [-0.4, -0.2) is 23.9 Å². The van der Waals surface area contributed by atoms with Crippen LogP contribution in [0, 0.1) is 5.92 Å². The summed E-state index contributed by atoms with van der Waals surface area (Å²) in [5.41, 5.74) is 1.36. The van der Waals surface area contributed by atoms with E-state index in [1.165, 1.54) is 6.07 Å². The van der Waals surface area contributed by atoms with Crippen molar-refractivity contribution in [3.05, 3.63) is 46.2 Å². The summed E-state index contributed by atoms with van der Waals surface area (Å²) >= 11 is 0. The molecule has 1 fully saturated rings. The minimum atomic E-state index is -0.125. The van der Waals surface area contributed by atoms with Crippen LogP contribution in [0.3, 0.4) is 0 Å². The van der Waals surface area contributed by atoms with Crippen LogP contribution in [0.5, 0.6) is 0 Å². The number of aromatic nitrogens is 1. The fourth-order valence-corrected chi connectivity index (χ4v) is 2.02. The molecule has 2 heterocycles. The van der Waals surface area contributed by atoms with Gasteiger partial charge in [-0.3, -0.25) is 9.59 Å². The van der Waals surface area contributed by atoms with E-state index in [9.17, 15) is 9.59 Å². The molecule has 0 bridgehead atoms. The summed E-state index contributed by atoms with van der Waals surface area (Å²) in [5, 5.41) is 3.98. The third kappa shape index (κ3) is 1.76.